The molecule has 2 aromatic heterocycles. The number of nitrogens with zero attached hydrogens (tertiary/aromatic N) is 6. The number of amides is 1. The van der Waals surface area contributed by atoms with Gasteiger partial charge < -0.3 is 9.80 Å². The molecule has 0 radical (unpaired) electrons. The topological polar surface area (TPSA) is 66.6 Å². The van der Waals surface area contributed by atoms with Gasteiger partial charge in [-0.3, -0.25) is 4.79 Å². The van der Waals surface area contributed by atoms with Gasteiger partial charge in [0.1, 0.15) is 5.82 Å². The molecule has 170 valence electrons. The van der Waals surface area contributed by atoms with Crippen molar-refractivity contribution in [3.8, 4) is 11.4 Å². The predicted molar refractivity (Wildman–Crippen MR) is 127 cm³/mol. The summed E-state index contributed by atoms with van der Waals surface area (Å²) in [4.78, 5) is 22.2. The number of anilines is 1. The molecule has 2 aromatic carbocycles. The van der Waals surface area contributed by atoms with Crippen molar-refractivity contribution in [1.82, 2.24) is 24.5 Å². The number of rotatable bonds is 5. The number of carbonyl (C=O) groups is 1. The van der Waals surface area contributed by atoms with Gasteiger partial charge >= 0.3 is 0 Å². The monoisotopic (exact) mass is 446 g/mol. The largest absolute Gasteiger partial charge is 0.343 e. The second-order valence-electron chi connectivity index (χ2n) is 8.41. The molecule has 1 unspecified atom stereocenters. The molecule has 1 saturated heterocycles. The molecule has 8 heteroatoms. The molecule has 1 atom stereocenters. The Hall–Kier alpha value is -3.55. The fourth-order valence-electron chi connectivity index (χ4n) is 4.72. The lowest BCUT2D eigenvalue weighted by Gasteiger charge is -2.35. The van der Waals surface area contributed by atoms with Crippen molar-refractivity contribution in [2.24, 2.45) is 5.92 Å². The van der Waals surface area contributed by atoms with E-state index in [-0.39, 0.29) is 17.6 Å². The van der Waals surface area contributed by atoms with Crippen LogP contribution in [0, 0.1) is 11.7 Å². The molecule has 0 N–H and O–H groups in total. The number of hydrogen-bond donors (Lipinski definition) is 0. The Morgan fingerprint density at radius 3 is 2.61 bits per heavy atom. The van der Waals surface area contributed by atoms with E-state index >= 15 is 0 Å². The van der Waals surface area contributed by atoms with Crippen LogP contribution >= 0.6 is 0 Å². The van der Waals surface area contributed by atoms with E-state index in [0.717, 1.165) is 35.9 Å². The minimum atomic E-state index is -0.301. The normalized spacial score (nSPS) is 16.5. The first kappa shape index (κ1) is 21.3. The Balaban J connectivity index is 1.64. The van der Waals surface area contributed by atoms with Crippen molar-refractivity contribution >= 4 is 28.4 Å². The minimum Gasteiger partial charge on any atom is -0.343 e. The Bertz CT molecular complexity index is 1300. The molecule has 3 heterocycles. The van der Waals surface area contributed by atoms with Gasteiger partial charge in [-0.05, 0) is 63.1 Å². The molecule has 1 aliphatic rings. The van der Waals surface area contributed by atoms with Gasteiger partial charge in [-0.1, -0.05) is 12.1 Å². The molecular weight excluding hydrogens is 419 g/mol. The molecule has 1 amide bonds. The van der Waals surface area contributed by atoms with Gasteiger partial charge in [0.05, 0.1) is 11.4 Å². The summed E-state index contributed by atoms with van der Waals surface area (Å²) in [5, 5.41) is 9.84. The second kappa shape index (κ2) is 8.77. The molecule has 4 aromatic rings. The Morgan fingerprint density at radius 2 is 1.85 bits per heavy atom. The molecule has 33 heavy (non-hydrogen) atoms. The fraction of sp³-hybridized carbons (Fsp3) is 0.360. The van der Waals surface area contributed by atoms with Gasteiger partial charge in [-0.15, -0.1) is 10.2 Å². The summed E-state index contributed by atoms with van der Waals surface area (Å²) >= 11 is 0. The van der Waals surface area contributed by atoms with Gasteiger partial charge in [0, 0.05) is 37.1 Å². The number of aromatic nitrogens is 4. The summed E-state index contributed by atoms with van der Waals surface area (Å²) in [6.07, 6.45) is 1.78. The van der Waals surface area contributed by atoms with Crippen molar-refractivity contribution in [3.63, 3.8) is 0 Å². The number of halogens is 1. The maximum Gasteiger partial charge on any atom is 0.227 e. The third kappa shape index (κ3) is 3.79. The first-order valence-electron chi connectivity index (χ1n) is 11.5. The Kier molecular flexibility index (Phi) is 5.66. The highest BCUT2D eigenvalue weighted by Gasteiger charge is 2.31. The summed E-state index contributed by atoms with van der Waals surface area (Å²) in [7, 11) is 0. The number of carbonyl (C=O) groups excluding carboxylic acids is 1. The average molecular weight is 447 g/mol. The number of fused-ring (bicyclic) bond motifs is 3. The summed E-state index contributed by atoms with van der Waals surface area (Å²) in [5.74, 6) is 1.14. The van der Waals surface area contributed by atoms with E-state index in [2.05, 4.69) is 15.1 Å². The van der Waals surface area contributed by atoms with Gasteiger partial charge in [0.15, 0.2) is 11.5 Å². The van der Waals surface area contributed by atoms with Crippen LogP contribution in [0.4, 0.5) is 10.3 Å². The molecule has 0 bridgehead atoms. The minimum absolute atomic E-state index is 0.0762. The maximum atomic E-state index is 13.6. The number of benzene rings is 2. The summed E-state index contributed by atoms with van der Waals surface area (Å²) in [6, 6.07) is 14.1. The molecule has 1 fully saturated rings. The molecular formula is C25H27FN6O. The standard InChI is InChI=1S/C25H27FN6O/c1-3-30(4-2)24(33)18-8-7-15-31(16-18)25-27-21-10-6-5-9-20(21)23-29-28-22(32(23)25)17-11-13-19(26)14-12-17/h5-6,9-14,18H,3-4,7-8,15-16H2,1-2H3. The summed E-state index contributed by atoms with van der Waals surface area (Å²) < 4.78 is 15.5. The van der Waals surface area contributed by atoms with E-state index in [9.17, 15) is 9.18 Å². The number of hydrogen-bond acceptors (Lipinski definition) is 5. The van der Waals surface area contributed by atoms with Crippen LogP contribution in [0.5, 0.6) is 0 Å². The number of piperidine rings is 1. The second-order valence-corrected chi connectivity index (χ2v) is 8.41. The van der Waals surface area contributed by atoms with Gasteiger partial charge in [0.25, 0.3) is 0 Å². The summed E-state index contributed by atoms with van der Waals surface area (Å²) in [5.41, 5.74) is 2.29. The van der Waals surface area contributed by atoms with E-state index in [0.29, 0.717) is 37.1 Å². The SMILES string of the molecule is CCN(CC)C(=O)C1CCCN(c2nc3ccccc3c3nnc(-c4ccc(F)cc4)n23)C1. The van der Waals surface area contributed by atoms with Gasteiger partial charge in [0.2, 0.25) is 11.9 Å². The average Bonchev–Trinajstić information content (AvgIpc) is 3.30. The van der Waals surface area contributed by atoms with Crippen LogP contribution in [0.2, 0.25) is 0 Å². The summed E-state index contributed by atoms with van der Waals surface area (Å²) in [6.45, 7) is 6.85. The lowest BCUT2D eigenvalue weighted by Crippen LogP contribution is -2.45. The van der Waals surface area contributed by atoms with Crippen molar-refractivity contribution < 1.29 is 9.18 Å². The third-order valence-electron chi connectivity index (χ3n) is 6.46. The smallest absolute Gasteiger partial charge is 0.227 e. The number of para-hydroxylation sites is 1. The van der Waals surface area contributed by atoms with Crippen LogP contribution in [0.3, 0.4) is 0 Å². The molecule has 0 spiro atoms. The van der Waals surface area contributed by atoms with Crippen LogP contribution in [-0.4, -0.2) is 56.6 Å². The maximum absolute atomic E-state index is 13.6. The quantitative estimate of drug-likeness (QED) is 0.460. The van der Waals surface area contributed by atoms with Crippen LogP contribution in [-0.2, 0) is 4.79 Å². The van der Waals surface area contributed by atoms with Crippen molar-refractivity contribution in [2.45, 2.75) is 26.7 Å². The highest BCUT2D eigenvalue weighted by molar-refractivity contribution is 5.93. The lowest BCUT2D eigenvalue weighted by molar-refractivity contribution is -0.135. The molecule has 5 rings (SSSR count). The van der Waals surface area contributed by atoms with Gasteiger partial charge in [-0.25, -0.2) is 13.8 Å². The van der Waals surface area contributed by atoms with E-state index in [4.69, 9.17) is 4.98 Å². The fourth-order valence-corrected chi connectivity index (χ4v) is 4.72. The third-order valence-corrected chi connectivity index (χ3v) is 6.46. The zero-order valence-electron chi connectivity index (χ0n) is 18.9. The Labute approximate surface area is 191 Å². The van der Waals surface area contributed by atoms with Crippen LogP contribution in [0.25, 0.3) is 27.9 Å². The van der Waals surface area contributed by atoms with Crippen molar-refractivity contribution in [2.75, 3.05) is 31.1 Å². The van der Waals surface area contributed by atoms with Gasteiger partial charge in [-0.2, -0.15) is 0 Å². The van der Waals surface area contributed by atoms with Crippen LogP contribution in [0.1, 0.15) is 26.7 Å². The molecule has 1 aliphatic heterocycles. The molecule has 0 aliphatic carbocycles. The first-order valence-corrected chi connectivity index (χ1v) is 11.5. The van der Waals surface area contributed by atoms with E-state index in [1.807, 2.05) is 47.4 Å². The van der Waals surface area contributed by atoms with E-state index in [1.54, 1.807) is 12.1 Å². The zero-order chi connectivity index (χ0) is 22.9. The molecule has 7 nitrogen and oxygen atoms in total. The lowest BCUT2D eigenvalue weighted by atomic mass is 9.96. The zero-order valence-corrected chi connectivity index (χ0v) is 18.9. The predicted octanol–water partition coefficient (Wildman–Crippen LogP) is 4.17. The van der Waals surface area contributed by atoms with Crippen LogP contribution < -0.4 is 4.90 Å². The van der Waals surface area contributed by atoms with E-state index in [1.165, 1.54) is 12.1 Å². The highest BCUT2D eigenvalue weighted by atomic mass is 19.1. The highest BCUT2D eigenvalue weighted by Crippen LogP contribution is 2.31. The van der Waals surface area contributed by atoms with Crippen molar-refractivity contribution in [3.05, 3.63) is 54.3 Å². The van der Waals surface area contributed by atoms with E-state index < -0.39 is 0 Å². The molecule has 0 saturated carbocycles. The Morgan fingerprint density at radius 1 is 1.09 bits per heavy atom. The van der Waals surface area contributed by atoms with Crippen molar-refractivity contribution in [1.29, 1.82) is 0 Å². The first-order chi connectivity index (χ1) is 16.1. The van der Waals surface area contributed by atoms with Crippen LogP contribution in [0.15, 0.2) is 48.5 Å².